The zero-order valence-electron chi connectivity index (χ0n) is 16.0. The monoisotopic (exact) mass is 368 g/mol. The van der Waals surface area contributed by atoms with Crippen LogP contribution in [0.1, 0.15) is 37.0 Å². The Labute approximate surface area is 162 Å². The van der Waals surface area contributed by atoms with Crippen molar-refractivity contribution < 1.29 is 0 Å². The second kappa shape index (κ2) is 9.92. The predicted octanol–water partition coefficient (Wildman–Crippen LogP) is 4.86. The molecule has 2 aromatic carbocycles. The van der Waals surface area contributed by atoms with Gasteiger partial charge in [-0.05, 0) is 74.3 Å². The summed E-state index contributed by atoms with van der Waals surface area (Å²) in [5.74, 6) is 0. The second-order valence-corrected chi connectivity index (χ2v) is 6.65. The van der Waals surface area contributed by atoms with Crippen LogP contribution in [0.2, 0.25) is 0 Å². The number of rotatable bonds is 7. The topological polar surface area (TPSA) is 39.7 Å². The summed E-state index contributed by atoms with van der Waals surface area (Å²) in [6.07, 6.45) is 2.92. The van der Waals surface area contributed by atoms with E-state index in [4.69, 9.17) is 12.2 Å². The number of thiocarbonyl (C=S) groups is 1. The molecule has 0 saturated heterocycles. The summed E-state index contributed by atoms with van der Waals surface area (Å²) in [5, 5.41) is 7.89. The van der Waals surface area contributed by atoms with Crippen molar-refractivity contribution in [3.63, 3.8) is 0 Å². The van der Waals surface area contributed by atoms with Crippen LogP contribution in [0.3, 0.4) is 0 Å². The Hall–Kier alpha value is -2.40. The summed E-state index contributed by atoms with van der Waals surface area (Å²) in [4.78, 5) is 2.36. The standard InChI is InChI=1S/C21H28N4S/c1-5-14-25(6-2)19-12-10-18(11-13-19)15-22-24-21(26)23-20-9-7-8-16(3)17(20)4/h7-13,15H,5-6,14H2,1-4H3,(H2,23,24,26)/b22-15+. The van der Waals surface area contributed by atoms with Gasteiger partial charge < -0.3 is 10.2 Å². The molecule has 0 spiro atoms. The van der Waals surface area contributed by atoms with Gasteiger partial charge in [-0.25, -0.2) is 0 Å². The number of benzene rings is 2. The molecule has 0 fully saturated rings. The van der Waals surface area contributed by atoms with Crippen molar-refractivity contribution in [1.82, 2.24) is 5.43 Å². The molecule has 2 rings (SSSR count). The molecular weight excluding hydrogens is 340 g/mol. The predicted molar refractivity (Wildman–Crippen MR) is 117 cm³/mol. The Kier molecular flexibility index (Phi) is 7.60. The molecule has 2 aromatic rings. The molecule has 4 nitrogen and oxygen atoms in total. The van der Waals surface area contributed by atoms with Crippen LogP contribution in [0.4, 0.5) is 11.4 Å². The highest BCUT2D eigenvalue weighted by Crippen LogP contribution is 2.18. The number of hydrogen-bond acceptors (Lipinski definition) is 3. The van der Waals surface area contributed by atoms with Crippen molar-refractivity contribution in [2.24, 2.45) is 5.10 Å². The Bertz CT molecular complexity index is 753. The van der Waals surface area contributed by atoms with E-state index in [0.717, 1.165) is 30.8 Å². The third-order valence-corrected chi connectivity index (χ3v) is 4.56. The van der Waals surface area contributed by atoms with Gasteiger partial charge in [0.2, 0.25) is 0 Å². The van der Waals surface area contributed by atoms with E-state index in [1.165, 1.54) is 16.8 Å². The normalized spacial score (nSPS) is 10.8. The number of hydrogen-bond donors (Lipinski definition) is 2. The average molecular weight is 369 g/mol. The van der Waals surface area contributed by atoms with E-state index in [1.807, 2.05) is 12.1 Å². The van der Waals surface area contributed by atoms with Gasteiger partial charge in [0, 0.05) is 24.5 Å². The first kappa shape index (κ1) is 19.9. The Morgan fingerprint density at radius 3 is 2.50 bits per heavy atom. The molecular formula is C21H28N4S. The molecule has 0 unspecified atom stereocenters. The third-order valence-electron chi connectivity index (χ3n) is 4.37. The molecule has 0 bridgehead atoms. The summed E-state index contributed by atoms with van der Waals surface area (Å²) in [7, 11) is 0. The minimum absolute atomic E-state index is 0.478. The molecule has 0 aliphatic rings. The van der Waals surface area contributed by atoms with Gasteiger partial charge >= 0.3 is 0 Å². The maximum Gasteiger partial charge on any atom is 0.191 e. The molecule has 0 saturated carbocycles. The van der Waals surface area contributed by atoms with Gasteiger partial charge in [0.1, 0.15) is 0 Å². The summed E-state index contributed by atoms with van der Waals surface area (Å²) < 4.78 is 0. The van der Waals surface area contributed by atoms with E-state index in [2.05, 4.69) is 78.8 Å². The Balaban J connectivity index is 1.91. The van der Waals surface area contributed by atoms with Gasteiger partial charge in [-0.3, -0.25) is 5.43 Å². The van der Waals surface area contributed by atoms with E-state index in [9.17, 15) is 0 Å². The fraction of sp³-hybridized carbons (Fsp3) is 0.333. The summed E-state index contributed by atoms with van der Waals surface area (Å²) in [6, 6.07) is 14.5. The van der Waals surface area contributed by atoms with E-state index < -0.39 is 0 Å². The zero-order valence-corrected chi connectivity index (χ0v) is 16.9. The van der Waals surface area contributed by atoms with Gasteiger partial charge in [0.05, 0.1) is 6.21 Å². The molecule has 0 aliphatic heterocycles. The maximum absolute atomic E-state index is 5.31. The van der Waals surface area contributed by atoms with Crippen LogP contribution in [0.25, 0.3) is 0 Å². The summed E-state index contributed by atoms with van der Waals surface area (Å²) in [6.45, 7) is 10.6. The molecule has 0 aromatic heterocycles. The molecule has 5 heteroatoms. The Morgan fingerprint density at radius 2 is 1.85 bits per heavy atom. The molecule has 0 amide bonds. The van der Waals surface area contributed by atoms with Gasteiger partial charge in [0.15, 0.2) is 5.11 Å². The van der Waals surface area contributed by atoms with Crippen LogP contribution >= 0.6 is 12.2 Å². The van der Waals surface area contributed by atoms with Crippen molar-refractivity contribution in [1.29, 1.82) is 0 Å². The zero-order chi connectivity index (χ0) is 18.9. The van der Waals surface area contributed by atoms with Crippen LogP contribution in [-0.4, -0.2) is 24.4 Å². The van der Waals surface area contributed by atoms with Crippen molar-refractivity contribution >= 4 is 34.9 Å². The van der Waals surface area contributed by atoms with Crippen LogP contribution in [0.15, 0.2) is 47.6 Å². The highest BCUT2D eigenvalue weighted by atomic mass is 32.1. The largest absolute Gasteiger partial charge is 0.372 e. The van der Waals surface area contributed by atoms with Gasteiger partial charge in [-0.1, -0.05) is 31.2 Å². The Morgan fingerprint density at radius 1 is 1.12 bits per heavy atom. The van der Waals surface area contributed by atoms with Gasteiger partial charge in [-0.2, -0.15) is 5.10 Å². The van der Waals surface area contributed by atoms with Crippen LogP contribution in [0.5, 0.6) is 0 Å². The maximum atomic E-state index is 5.31. The highest BCUT2D eigenvalue weighted by Gasteiger charge is 2.03. The van der Waals surface area contributed by atoms with Gasteiger partial charge in [0.25, 0.3) is 0 Å². The highest BCUT2D eigenvalue weighted by molar-refractivity contribution is 7.80. The first-order valence-corrected chi connectivity index (χ1v) is 9.47. The lowest BCUT2D eigenvalue weighted by atomic mass is 10.1. The van der Waals surface area contributed by atoms with Crippen LogP contribution < -0.4 is 15.6 Å². The van der Waals surface area contributed by atoms with Crippen LogP contribution in [-0.2, 0) is 0 Å². The average Bonchev–Trinajstić information content (AvgIpc) is 2.64. The number of nitrogens with zero attached hydrogens (tertiary/aromatic N) is 2. The van der Waals surface area contributed by atoms with E-state index in [0.29, 0.717) is 5.11 Å². The number of hydrazone groups is 1. The lowest BCUT2D eigenvalue weighted by Gasteiger charge is -2.22. The van der Waals surface area contributed by atoms with E-state index >= 15 is 0 Å². The molecule has 0 atom stereocenters. The van der Waals surface area contributed by atoms with Crippen molar-refractivity contribution in [3.8, 4) is 0 Å². The van der Waals surface area contributed by atoms with Crippen molar-refractivity contribution in [2.45, 2.75) is 34.1 Å². The fourth-order valence-electron chi connectivity index (χ4n) is 2.71. The smallest absolute Gasteiger partial charge is 0.191 e. The molecule has 0 aliphatic carbocycles. The quantitative estimate of drug-likeness (QED) is 0.416. The summed E-state index contributed by atoms with van der Waals surface area (Å²) in [5.41, 5.74) is 8.56. The third kappa shape index (κ3) is 5.56. The first-order valence-electron chi connectivity index (χ1n) is 9.06. The molecule has 138 valence electrons. The van der Waals surface area contributed by atoms with E-state index in [-0.39, 0.29) is 0 Å². The van der Waals surface area contributed by atoms with Crippen LogP contribution in [0, 0.1) is 13.8 Å². The lowest BCUT2D eigenvalue weighted by molar-refractivity contribution is 0.792. The van der Waals surface area contributed by atoms with E-state index in [1.54, 1.807) is 6.21 Å². The molecule has 0 heterocycles. The minimum Gasteiger partial charge on any atom is -0.372 e. The number of aryl methyl sites for hydroxylation is 1. The van der Waals surface area contributed by atoms with Gasteiger partial charge in [-0.15, -0.1) is 0 Å². The fourth-order valence-corrected chi connectivity index (χ4v) is 2.88. The molecule has 26 heavy (non-hydrogen) atoms. The van der Waals surface area contributed by atoms with Crippen molar-refractivity contribution in [3.05, 3.63) is 59.2 Å². The second-order valence-electron chi connectivity index (χ2n) is 6.24. The summed E-state index contributed by atoms with van der Waals surface area (Å²) >= 11 is 5.31. The minimum atomic E-state index is 0.478. The molecule has 0 radical (unpaired) electrons. The first-order chi connectivity index (χ1) is 12.5. The SMILES string of the molecule is CCCN(CC)c1ccc(/C=N/NC(=S)Nc2cccc(C)c2C)cc1. The number of anilines is 2. The van der Waals surface area contributed by atoms with Crippen molar-refractivity contribution in [2.75, 3.05) is 23.3 Å². The number of nitrogens with one attached hydrogen (secondary N) is 2. The lowest BCUT2D eigenvalue weighted by Crippen LogP contribution is -2.24. The molecule has 2 N–H and O–H groups in total.